The smallest absolute Gasteiger partial charge is 0.407 e. The number of thiophene rings is 1. The molecule has 0 atom stereocenters. The molecule has 9 heteroatoms. The van der Waals surface area contributed by atoms with Crippen LogP contribution in [0.4, 0.5) is 19.2 Å². The van der Waals surface area contributed by atoms with E-state index < -0.39 is 17.6 Å². The van der Waals surface area contributed by atoms with Crippen LogP contribution in [0.15, 0.2) is 46.2 Å². The number of rotatable bonds is 4. The summed E-state index contributed by atoms with van der Waals surface area (Å²) in [6, 6.07) is 7.70. The van der Waals surface area contributed by atoms with E-state index >= 15 is 0 Å². The van der Waals surface area contributed by atoms with Gasteiger partial charge in [-0.05, 0) is 29.6 Å². The van der Waals surface area contributed by atoms with Crippen LogP contribution in [0.25, 0.3) is 0 Å². The summed E-state index contributed by atoms with van der Waals surface area (Å²) in [4.78, 5) is 13.0. The van der Waals surface area contributed by atoms with Crippen LogP contribution in [0.3, 0.4) is 0 Å². The molecule has 3 rings (SSSR count). The molecule has 1 aromatic carbocycles. The molecule has 0 spiro atoms. The lowest BCUT2D eigenvalue weighted by Gasteiger charge is -2.07. The number of nitrogens with one attached hydrogen (secondary N) is 1. The van der Waals surface area contributed by atoms with Gasteiger partial charge in [-0.3, -0.25) is 10.1 Å². The minimum atomic E-state index is -4.52. The zero-order chi connectivity index (χ0) is 17.2. The summed E-state index contributed by atoms with van der Waals surface area (Å²) in [5, 5.41) is 11.7. The quantitative estimate of drug-likeness (QED) is 0.770. The van der Waals surface area contributed by atoms with Gasteiger partial charge in [0.25, 0.3) is 5.91 Å². The maximum Gasteiger partial charge on any atom is 0.416 e. The average Bonchev–Trinajstić information content (AvgIpc) is 3.19. The Bertz CT molecular complexity index is 844. The summed E-state index contributed by atoms with van der Waals surface area (Å²) in [5.41, 5.74) is -1.05. The second kappa shape index (κ2) is 6.44. The molecule has 24 heavy (non-hydrogen) atoms. The van der Waals surface area contributed by atoms with Crippen molar-refractivity contribution in [2.45, 2.75) is 12.6 Å². The molecule has 5 nitrogen and oxygen atoms in total. The molecule has 0 aliphatic heterocycles. The maximum absolute atomic E-state index is 12.7. The van der Waals surface area contributed by atoms with Crippen LogP contribution >= 0.6 is 11.3 Å². The fourth-order valence-corrected chi connectivity index (χ4v) is 2.64. The molecule has 3 aromatic rings. The van der Waals surface area contributed by atoms with E-state index in [-0.39, 0.29) is 11.6 Å². The Labute approximate surface area is 138 Å². The van der Waals surface area contributed by atoms with Gasteiger partial charge >= 0.3 is 12.2 Å². The van der Waals surface area contributed by atoms with Crippen LogP contribution in [-0.4, -0.2) is 16.1 Å². The lowest BCUT2D eigenvalue weighted by molar-refractivity contribution is -0.137. The van der Waals surface area contributed by atoms with Crippen LogP contribution in [-0.2, 0) is 12.6 Å². The first-order valence-electron chi connectivity index (χ1n) is 6.75. The van der Waals surface area contributed by atoms with Gasteiger partial charge in [0.15, 0.2) is 0 Å². The third kappa shape index (κ3) is 3.80. The highest BCUT2D eigenvalue weighted by Crippen LogP contribution is 2.29. The van der Waals surface area contributed by atoms with E-state index in [2.05, 4.69) is 15.5 Å². The topological polar surface area (TPSA) is 68.0 Å². The van der Waals surface area contributed by atoms with E-state index in [1.54, 1.807) is 0 Å². The zero-order valence-electron chi connectivity index (χ0n) is 12.0. The number of anilines is 1. The first-order chi connectivity index (χ1) is 11.4. The highest BCUT2D eigenvalue weighted by Gasteiger charge is 2.31. The summed E-state index contributed by atoms with van der Waals surface area (Å²) >= 11 is 1.52. The molecule has 0 saturated heterocycles. The molecule has 0 saturated carbocycles. The minimum Gasteiger partial charge on any atom is -0.407 e. The van der Waals surface area contributed by atoms with E-state index in [0.29, 0.717) is 12.3 Å². The van der Waals surface area contributed by atoms with Gasteiger partial charge in [0.2, 0.25) is 5.89 Å². The number of alkyl halides is 3. The van der Waals surface area contributed by atoms with Crippen LogP contribution in [0.1, 0.15) is 26.7 Å². The normalized spacial score (nSPS) is 11.5. The molecular formula is C15H10F3N3O2S. The van der Waals surface area contributed by atoms with Crippen molar-refractivity contribution in [1.29, 1.82) is 0 Å². The number of carbonyl (C=O) groups is 1. The van der Waals surface area contributed by atoms with Gasteiger partial charge < -0.3 is 4.42 Å². The molecule has 0 radical (unpaired) electrons. The highest BCUT2D eigenvalue weighted by atomic mass is 32.1. The Morgan fingerprint density at radius 1 is 1.21 bits per heavy atom. The van der Waals surface area contributed by atoms with Crippen molar-refractivity contribution in [2.24, 2.45) is 0 Å². The van der Waals surface area contributed by atoms with Crippen molar-refractivity contribution in [3.63, 3.8) is 0 Å². The number of hydrogen-bond donors (Lipinski definition) is 1. The number of nitrogens with zero attached hydrogens (tertiary/aromatic N) is 2. The van der Waals surface area contributed by atoms with Gasteiger partial charge in [-0.15, -0.1) is 16.4 Å². The standard InChI is InChI=1S/C15H10F3N3O2S/c16-15(17,18)10-4-1-3-9(7-10)13(22)19-14-21-20-12(23-14)8-11-5-2-6-24-11/h1-7H,8H2,(H,19,21,22). The van der Waals surface area contributed by atoms with Gasteiger partial charge in [-0.25, -0.2) is 0 Å². The first-order valence-corrected chi connectivity index (χ1v) is 7.63. The Morgan fingerprint density at radius 2 is 2.04 bits per heavy atom. The van der Waals surface area contributed by atoms with E-state index in [9.17, 15) is 18.0 Å². The second-order valence-electron chi connectivity index (χ2n) is 4.79. The average molecular weight is 353 g/mol. The van der Waals surface area contributed by atoms with Gasteiger partial charge in [-0.1, -0.05) is 17.2 Å². The minimum absolute atomic E-state index is 0.150. The number of benzene rings is 1. The molecule has 0 aliphatic rings. The van der Waals surface area contributed by atoms with Gasteiger partial charge in [0.1, 0.15) is 0 Å². The lowest BCUT2D eigenvalue weighted by Crippen LogP contribution is -2.14. The molecule has 0 bridgehead atoms. The van der Waals surface area contributed by atoms with Crippen molar-refractivity contribution in [1.82, 2.24) is 10.2 Å². The van der Waals surface area contributed by atoms with Crippen LogP contribution < -0.4 is 5.32 Å². The Morgan fingerprint density at radius 3 is 2.75 bits per heavy atom. The molecule has 0 unspecified atom stereocenters. The van der Waals surface area contributed by atoms with E-state index in [1.807, 2.05) is 17.5 Å². The van der Waals surface area contributed by atoms with E-state index in [0.717, 1.165) is 23.1 Å². The third-order valence-electron chi connectivity index (χ3n) is 3.04. The SMILES string of the molecule is O=C(Nc1nnc(Cc2cccs2)o1)c1cccc(C(F)(F)F)c1. The maximum atomic E-state index is 12.7. The van der Waals surface area contributed by atoms with Crippen LogP contribution in [0.5, 0.6) is 0 Å². The van der Waals surface area contributed by atoms with Gasteiger partial charge in [0, 0.05) is 10.4 Å². The molecule has 1 N–H and O–H groups in total. The lowest BCUT2D eigenvalue weighted by atomic mass is 10.1. The van der Waals surface area contributed by atoms with Gasteiger partial charge in [0.05, 0.1) is 12.0 Å². The summed E-state index contributed by atoms with van der Waals surface area (Å²) in [6.45, 7) is 0. The highest BCUT2D eigenvalue weighted by molar-refractivity contribution is 7.09. The number of amides is 1. The monoisotopic (exact) mass is 353 g/mol. The molecule has 0 fully saturated rings. The van der Waals surface area contributed by atoms with E-state index in [1.165, 1.54) is 17.4 Å². The summed E-state index contributed by atoms with van der Waals surface area (Å²) in [5.74, 6) is -0.454. The molecule has 2 heterocycles. The fourth-order valence-electron chi connectivity index (χ4n) is 1.94. The molecular weight excluding hydrogens is 343 g/mol. The zero-order valence-corrected chi connectivity index (χ0v) is 12.8. The number of halogens is 3. The number of carbonyl (C=O) groups excluding carboxylic acids is 1. The third-order valence-corrected chi connectivity index (χ3v) is 3.92. The van der Waals surface area contributed by atoms with Crippen molar-refractivity contribution < 1.29 is 22.4 Å². The first kappa shape index (κ1) is 16.2. The Hall–Kier alpha value is -2.68. The molecule has 0 aliphatic carbocycles. The van der Waals surface area contributed by atoms with Crippen molar-refractivity contribution in [2.75, 3.05) is 5.32 Å². The summed E-state index contributed by atoms with van der Waals surface area (Å²) < 4.78 is 43.3. The van der Waals surface area contributed by atoms with Crippen LogP contribution in [0, 0.1) is 0 Å². The fraction of sp³-hybridized carbons (Fsp3) is 0.133. The van der Waals surface area contributed by atoms with Crippen molar-refractivity contribution in [3.05, 3.63) is 63.7 Å². The van der Waals surface area contributed by atoms with Crippen LogP contribution in [0.2, 0.25) is 0 Å². The summed E-state index contributed by atoms with van der Waals surface area (Å²) in [7, 11) is 0. The van der Waals surface area contributed by atoms with Crippen molar-refractivity contribution in [3.8, 4) is 0 Å². The number of aromatic nitrogens is 2. The second-order valence-corrected chi connectivity index (χ2v) is 5.82. The largest absolute Gasteiger partial charge is 0.416 e. The Kier molecular flexibility index (Phi) is 4.34. The Balaban J connectivity index is 1.70. The number of hydrogen-bond acceptors (Lipinski definition) is 5. The van der Waals surface area contributed by atoms with Crippen molar-refractivity contribution >= 4 is 23.3 Å². The summed E-state index contributed by atoms with van der Waals surface area (Å²) in [6.07, 6.45) is -4.10. The van der Waals surface area contributed by atoms with Gasteiger partial charge in [-0.2, -0.15) is 13.2 Å². The predicted molar refractivity (Wildman–Crippen MR) is 80.8 cm³/mol. The predicted octanol–water partition coefficient (Wildman–Crippen LogP) is 3.99. The molecule has 124 valence electrons. The molecule has 2 aromatic heterocycles. The molecule has 1 amide bonds. The van der Waals surface area contributed by atoms with E-state index in [4.69, 9.17) is 4.42 Å².